The maximum absolute atomic E-state index is 5.76. The summed E-state index contributed by atoms with van der Waals surface area (Å²) in [5, 5.41) is 4.91. The van der Waals surface area contributed by atoms with Crippen molar-refractivity contribution in [1.29, 1.82) is 0 Å². The summed E-state index contributed by atoms with van der Waals surface area (Å²) in [6, 6.07) is 40.6. The van der Waals surface area contributed by atoms with Crippen molar-refractivity contribution in [2.45, 2.75) is 105 Å². The molecule has 0 saturated carbocycles. The molecule has 0 amide bonds. The summed E-state index contributed by atoms with van der Waals surface area (Å²) in [6.45, 7) is 27.5. The largest absolute Gasteiger partial charge is 0.307 e. The first kappa shape index (κ1) is 41.4. The van der Waals surface area contributed by atoms with Crippen molar-refractivity contribution in [3.05, 3.63) is 156 Å². The van der Waals surface area contributed by atoms with Gasteiger partial charge in [0.15, 0.2) is 0 Å². The van der Waals surface area contributed by atoms with Crippen LogP contribution in [0.25, 0.3) is 88.5 Å². The zero-order chi connectivity index (χ0) is 45.1. The zero-order valence-corrected chi connectivity index (χ0v) is 39.4. The lowest BCUT2D eigenvalue weighted by atomic mass is 9.85. The molecule has 0 saturated heterocycles. The molecule has 0 aliphatic heterocycles. The molecule has 0 aliphatic rings. The monoisotopic (exact) mass is 838 g/mol. The molecule has 64 heavy (non-hydrogen) atoms. The van der Waals surface area contributed by atoms with Crippen molar-refractivity contribution in [2.24, 2.45) is 0 Å². The van der Waals surface area contributed by atoms with Crippen LogP contribution in [0.2, 0.25) is 0 Å². The Morgan fingerprint density at radius 2 is 0.656 bits per heavy atom. The van der Waals surface area contributed by atoms with E-state index in [2.05, 4.69) is 199 Å². The SMILES string of the molecule is CC(C)(C)c1ccc2c(c1)c1cc(C(C)(C)C)ccc1n2-c1ccc(-n2c3ccc(C(C)(C)C)cc3c3cc(C(C)(C)C)ccc32)c2nc(-c3cccnc3)c(-c3cccnc3)nc12. The number of pyridine rings is 2. The van der Waals surface area contributed by atoms with Crippen LogP contribution in [-0.2, 0) is 21.7 Å². The number of hydrogen-bond donors (Lipinski definition) is 0. The molecule has 0 fully saturated rings. The van der Waals surface area contributed by atoms with Crippen LogP contribution >= 0.6 is 0 Å². The van der Waals surface area contributed by atoms with Crippen molar-refractivity contribution < 1.29 is 0 Å². The molecule has 0 N–H and O–H groups in total. The summed E-state index contributed by atoms with van der Waals surface area (Å²) in [4.78, 5) is 20.7. The zero-order valence-electron chi connectivity index (χ0n) is 39.4. The summed E-state index contributed by atoms with van der Waals surface area (Å²) < 4.78 is 4.83. The van der Waals surface area contributed by atoms with Gasteiger partial charge in [-0.1, -0.05) is 107 Å². The maximum atomic E-state index is 5.76. The molecule has 10 aromatic rings. The molecule has 10 rings (SSSR count). The normalized spacial score (nSPS) is 13.0. The number of benzene rings is 5. The summed E-state index contributed by atoms with van der Waals surface area (Å²) in [5.74, 6) is 0. The Morgan fingerprint density at radius 1 is 0.359 bits per heavy atom. The van der Waals surface area contributed by atoms with Gasteiger partial charge in [-0.15, -0.1) is 0 Å². The lowest BCUT2D eigenvalue weighted by Gasteiger charge is -2.20. The third kappa shape index (κ3) is 6.86. The van der Waals surface area contributed by atoms with Crippen molar-refractivity contribution in [3.63, 3.8) is 0 Å². The lowest BCUT2D eigenvalue weighted by Crippen LogP contribution is -2.10. The molecule has 5 aromatic carbocycles. The van der Waals surface area contributed by atoms with Crippen LogP contribution in [0, 0.1) is 0 Å². The van der Waals surface area contributed by atoms with E-state index in [9.17, 15) is 0 Å². The van der Waals surface area contributed by atoms with Gasteiger partial charge in [-0.2, -0.15) is 0 Å². The fraction of sp³-hybridized carbons (Fsp3) is 0.276. The van der Waals surface area contributed by atoms with Gasteiger partial charge in [-0.25, -0.2) is 9.97 Å². The summed E-state index contributed by atoms with van der Waals surface area (Å²) in [7, 11) is 0. The second kappa shape index (κ2) is 14.4. The van der Waals surface area contributed by atoms with Crippen LogP contribution in [-0.4, -0.2) is 29.1 Å². The molecular formula is C58H58N6. The molecule has 6 nitrogen and oxygen atoms in total. The van der Waals surface area contributed by atoms with Gasteiger partial charge in [-0.05, 0) is 129 Å². The first-order valence-electron chi connectivity index (χ1n) is 22.6. The lowest BCUT2D eigenvalue weighted by molar-refractivity contribution is 0.590. The number of nitrogens with zero attached hydrogens (tertiary/aromatic N) is 6. The molecule has 0 aliphatic carbocycles. The topological polar surface area (TPSA) is 61.4 Å². The van der Waals surface area contributed by atoms with Gasteiger partial charge < -0.3 is 9.13 Å². The van der Waals surface area contributed by atoms with E-state index in [1.165, 1.54) is 43.8 Å². The molecule has 0 spiro atoms. The van der Waals surface area contributed by atoms with Crippen LogP contribution in [0.5, 0.6) is 0 Å². The average molecular weight is 839 g/mol. The molecule has 0 unspecified atom stereocenters. The number of rotatable bonds is 4. The standard InChI is InChI=1S/C58H58N6/c1-55(2,3)37-17-21-45-41(29-37)42-30-38(56(4,5)6)18-22-46(42)63(45)49-25-26-50(54-53(49)61-51(35-15-13-27-59-33-35)52(62-54)36-16-14-28-60-34-36)64-47-23-19-39(57(7,8)9)31-43(47)44-32-40(58(10,11)12)20-24-48(44)64/h13-34H,1-12H3. The highest BCUT2D eigenvalue weighted by Crippen LogP contribution is 2.43. The first-order valence-corrected chi connectivity index (χ1v) is 22.6. The van der Waals surface area contributed by atoms with E-state index in [-0.39, 0.29) is 21.7 Å². The Bertz CT molecular complexity index is 3080. The minimum Gasteiger partial charge on any atom is -0.307 e. The van der Waals surface area contributed by atoms with Crippen molar-refractivity contribution in [2.75, 3.05) is 0 Å². The van der Waals surface area contributed by atoms with Gasteiger partial charge in [0, 0.05) is 57.5 Å². The Kier molecular flexibility index (Phi) is 9.33. The highest BCUT2D eigenvalue weighted by molar-refractivity contribution is 6.13. The highest BCUT2D eigenvalue weighted by Gasteiger charge is 2.27. The summed E-state index contributed by atoms with van der Waals surface area (Å²) in [5.41, 5.74) is 16.5. The van der Waals surface area contributed by atoms with Crippen molar-refractivity contribution in [1.82, 2.24) is 29.1 Å². The second-order valence-electron chi connectivity index (χ2n) is 21.8. The van der Waals surface area contributed by atoms with Crippen molar-refractivity contribution >= 4 is 54.6 Å². The van der Waals surface area contributed by atoms with E-state index in [1.807, 2.05) is 24.5 Å². The predicted molar refractivity (Wildman–Crippen MR) is 269 cm³/mol. The van der Waals surface area contributed by atoms with E-state index in [1.54, 1.807) is 12.4 Å². The third-order valence-electron chi connectivity index (χ3n) is 13.1. The van der Waals surface area contributed by atoms with Crippen LogP contribution in [0.3, 0.4) is 0 Å². The van der Waals surface area contributed by atoms with E-state index in [0.717, 1.165) is 67.0 Å². The fourth-order valence-corrected chi connectivity index (χ4v) is 9.31. The van der Waals surface area contributed by atoms with Gasteiger partial charge >= 0.3 is 0 Å². The molecular weight excluding hydrogens is 781 g/mol. The quantitative estimate of drug-likeness (QED) is 0.177. The molecule has 6 heteroatoms. The van der Waals surface area contributed by atoms with Crippen LogP contribution < -0.4 is 0 Å². The van der Waals surface area contributed by atoms with Gasteiger partial charge in [0.1, 0.15) is 11.0 Å². The van der Waals surface area contributed by atoms with Gasteiger partial charge in [0.25, 0.3) is 0 Å². The van der Waals surface area contributed by atoms with Crippen molar-refractivity contribution in [3.8, 4) is 33.9 Å². The Hall–Kier alpha value is -6.66. The summed E-state index contributed by atoms with van der Waals surface area (Å²) >= 11 is 0. The Balaban J connectivity index is 1.38. The third-order valence-corrected chi connectivity index (χ3v) is 13.1. The molecule has 5 aromatic heterocycles. The van der Waals surface area contributed by atoms with Gasteiger partial charge in [0.05, 0.1) is 44.8 Å². The minimum absolute atomic E-state index is 0.0189. The van der Waals surface area contributed by atoms with E-state index >= 15 is 0 Å². The highest BCUT2D eigenvalue weighted by atomic mass is 15.0. The Morgan fingerprint density at radius 3 is 0.906 bits per heavy atom. The first-order chi connectivity index (χ1) is 30.3. The van der Waals surface area contributed by atoms with Crippen LogP contribution in [0.1, 0.15) is 105 Å². The average Bonchev–Trinajstić information content (AvgIpc) is 3.76. The molecule has 0 atom stereocenters. The smallest absolute Gasteiger partial charge is 0.116 e. The van der Waals surface area contributed by atoms with E-state index in [0.29, 0.717) is 0 Å². The van der Waals surface area contributed by atoms with Crippen LogP contribution in [0.15, 0.2) is 134 Å². The van der Waals surface area contributed by atoms with Crippen LogP contribution in [0.4, 0.5) is 0 Å². The van der Waals surface area contributed by atoms with Gasteiger partial charge in [-0.3, -0.25) is 9.97 Å². The number of fused-ring (bicyclic) bond motifs is 7. The van der Waals surface area contributed by atoms with E-state index < -0.39 is 0 Å². The molecule has 0 radical (unpaired) electrons. The number of hydrogen-bond acceptors (Lipinski definition) is 4. The second-order valence-corrected chi connectivity index (χ2v) is 21.8. The molecule has 5 heterocycles. The van der Waals surface area contributed by atoms with E-state index in [4.69, 9.17) is 9.97 Å². The molecule has 0 bridgehead atoms. The number of aromatic nitrogens is 6. The predicted octanol–water partition coefficient (Wildman–Crippen LogP) is 15.1. The Labute approximate surface area is 377 Å². The molecule has 320 valence electrons. The summed E-state index contributed by atoms with van der Waals surface area (Å²) in [6.07, 6.45) is 7.38. The fourth-order valence-electron chi connectivity index (χ4n) is 9.31. The minimum atomic E-state index is -0.0189. The maximum Gasteiger partial charge on any atom is 0.116 e. The van der Waals surface area contributed by atoms with Gasteiger partial charge in [0.2, 0.25) is 0 Å².